The average molecular weight is 490 g/mol. The van der Waals surface area contributed by atoms with Crippen LogP contribution in [-0.4, -0.2) is 25.8 Å². The summed E-state index contributed by atoms with van der Waals surface area (Å²) in [5.41, 5.74) is 4.95. The zero-order valence-corrected chi connectivity index (χ0v) is 21.9. The number of thioether (sulfide) groups is 1. The first-order chi connectivity index (χ1) is 17.2. The fourth-order valence-corrected chi connectivity index (χ4v) is 4.90. The van der Waals surface area contributed by atoms with Gasteiger partial charge in [0, 0.05) is 25.1 Å². The molecular weight excluding hydrogens is 450 g/mol. The van der Waals surface area contributed by atoms with Crippen LogP contribution in [0, 0.1) is 0 Å². The van der Waals surface area contributed by atoms with Gasteiger partial charge in [-0.3, -0.25) is 14.8 Å². The van der Waals surface area contributed by atoms with E-state index < -0.39 is 0 Å². The summed E-state index contributed by atoms with van der Waals surface area (Å²) >= 11 is 1.46. The molecule has 3 aromatic rings. The number of carbonyl (C=O) groups excluding carboxylic acids is 1. The van der Waals surface area contributed by atoms with Crippen molar-refractivity contribution in [3.8, 4) is 22.8 Å². The minimum absolute atomic E-state index is 0.245. The SMILES string of the molecule is CC(=O)SCCCCCCCCCCCCCc1cc(-c2ccccn2)nc(-c2ccccn2)c1. The second-order valence-corrected chi connectivity index (χ2v) is 10.4. The number of rotatable bonds is 16. The molecule has 0 aromatic carbocycles. The smallest absolute Gasteiger partial charge is 0.185 e. The molecule has 3 heterocycles. The number of hydrogen-bond donors (Lipinski definition) is 0. The van der Waals surface area contributed by atoms with E-state index in [2.05, 4.69) is 22.1 Å². The highest BCUT2D eigenvalue weighted by Crippen LogP contribution is 2.24. The largest absolute Gasteiger partial charge is 0.288 e. The Balaban J connectivity index is 1.35. The Hall–Kier alpha value is -2.53. The molecule has 0 radical (unpaired) electrons. The number of carbonyl (C=O) groups is 1. The van der Waals surface area contributed by atoms with Crippen molar-refractivity contribution in [2.75, 3.05) is 5.75 Å². The summed E-state index contributed by atoms with van der Waals surface area (Å²) in [6.45, 7) is 1.66. The Morgan fingerprint density at radius 2 is 1.14 bits per heavy atom. The topological polar surface area (TPSA) is 55.7 Å². The maximum atomic E-state index is 10.9. The third-order valence-corrected chi connectivity index (χ3v) is 7.05. The summed E-state index contributed by atoms with van der Waals surface area (Å²) < 4.78 is 0. The molecule has 0 aliphatic carbocycles. The van der Waals surface area contributed by atoms with Crippen LogP contribution in [0.5, 0.6) is 0 Å². The van der Waals surface area contributed by atoms with E-state index in [1.54, 1.807) is 6.92 Å². The van der Waals surface area contributed by atoms with Crippen molar-refractivity contribution in [3.05, 3.63) is 66.5 Å². The molecule has 0 saturated heterocycles. The third kappa shape index (κ3) is 10.7. The van der Waals surface area contributed by atoms with Crippen molar-refractivity contribution in [2.45, 2.75) is 84.0 Å². The second-order valence-electron chi connectivity index (χ2n) is 9.15. The van der Waals surface area contributed by atoms with Crippen LogP contribution < -0.4 is 0 Å². The summed E-state index contributed by atoms with van der Waals surface area (Å²) in [5, 5.41) is 0.245. The molecular formula is C30H39N3OS. The van der Waals surface area contributed by atoms with Gasteiger partial charge in [-0.05, 0) is 61.2 Å². The maximum absolute atomic E-state index is 10.9. The van der Waals surface area contributed by atoms with Gasteiger partial charge in [-0.25, -0.2) is 4.98 Å². The van der Waals surface area contributed by atoms with Gasteiger partial charge in [0.25, 0.3) is 0 Å². The molecule has 0 aliphatic heterocycles. The van der Waals surface area contributed by atoms with Crippen molar-refractivity contribution in [1.82, 2.24) is 15.0 Å². The Morgan fingerprint density at radius 3 is 1.60 bits per heavy atom. The number of nitrogens with zero attached hydrogens (tertiary/aromatic N) is 3. The zero-order valence-electron chi connectivity index (χ0n) is 21.1. The summed E-state index contributed by atoms with van der Waals surface area (Å²) in [6.07, 6.45) is 19.0. The summed E-state index contributed by atoms with van der Waals surface area (Å²) in [5.74, 6) is 0.990. The first-order valence-electron chi connectivity index (χ1n) is 13.2. The van der Waals surface area contributed by atoms with E-state index >= 15 is 0 Å². The number of aromatic nitrogens is 3. The van der Waals surface area contributed by atoms with Crippen LogP contribution in [0.2, 0.25) is 0 Å². The second kappa shape index (κ2) is 16.2. The Labute approximate surface area is 215 Å². The molecule has 186 valence electrons. The van der Waals surface area contributed by atoms with Crippen LogP contribution in [0.1, 0.15) is 83.1 Å². The van der Waals surface area contributed by atoms with Gasteiger partial charge in [0.05, 0.1) is 22.8 Å². The molecule has 5 heteroatoms. The molecule has 0 bridgehead atoms. The predicted molar refractivity (Wildman–Crippen MR) is 148 cm³/mol. The lowest BCUT2D eigenvalue weighted by molar-refractivity contribution is -0.109. The fraction of sp³-hybridized carbons (Fsp3) is 0.467. The molecule has 3 rings (SSSR count). The summed E-state index contributed by atoms with van der Waals surface area (Å²) in [7, 11) is 0. The lowest BCUT2D eigenvalue weighted by Gasteiger charge is -2.09. The van der Waals surface area contributed by atoms with Crippen molar-refractivity contribution in [2.24, 2.45) is 0 Å². The Morgan fingerprint density at radius 1 is 0.657 bits per heavy atom. The summed E-state index contributed by atoms with van der Waals surface area (Å²) in [6, 6.07) is 16.3. The highest BCUT2D eigenvalue weighted by Gasteiger charge is 2.09. The first-order valence-corrected chi connectivity index (χ1v) is 14.2. The number of pyridine rings is 3. The molecule has 0 N–H and O–H groups in total. The fourth-order valence-electron chi connectivity index (χ4n) is 4.26. The van der Waals surface area contributed by atoms with Crippen LogP contribution in [0.3, 0.4) is 0 Å². The predicted octanol–water partition coefficient (Wildman–Crippen LogP) is 8.32. The first kappa shape index (κ1) is 27.1. The van der Waals surface area contributed by atoms with E-state index in [0.29, 0.717) is 0 Å². The van der Waals surface area contributed by atoms with Crippen molar-refractivity contribution < 1.29 is 4.79 Å². The van der Waals surface area contributed by atoms with E-state index in [1.165, 1.54) is 88.0 Å². The van der Waals surface area contributed by atoms with E-state index in [1.807, 2.05) is 48.8 Å². The van der Waals surface area contributed by atoms with E-state index in [-0.39, 0.29) is 5.12 Å². The summed E-state index contributed by atoms with van der Waals surface area (Å²) in [4.78, 5) is 24.8. The van der Waals surface area contributed by atoms with Gasteiger partial charge in [-0.15, -0.1) is 0 Å². The van der Waals surface area contributed by atoms with Gasteiger partial charge in [0.1, 0.15) is 0 Å². The molecule has 4 nitrogen and oxygen atoms in total. The minimum Gasteiger partial charge on any atom is -0.288 e. The molecule has 0 spiro atoms. The molecule has 3 aromatic heterocycles. The van der Waals surface area contributed by atoms with E-state index in [0.717, 1.165) is 34.9 Å². The van der Waals surface area contributed by atoms with Crippen LogP contribution in [-0.2, 0) is 11.2 Å². The molecule has 0 aliphatic rings. The van der Waals surface area contributed by atoms with Crippen LogP contribution >= 0.6 is 11.8 Å². The zero-order chi connectivity index (χ0) is 24.6. The van der Waals surface area contributed by atoms with Crippen molar-refractivity contribution >= 4 is 16.9 Å². The molecule has 0 amide bonds. The van der Waals surface area contributed by atoms with Gasteiger partial charge in [-0.1, -0.05) is 81.7 Å². The quantitative estimate of drug-likeness (QED) is 0.189. The van der Waals surface area contributed by atoms with Crippen LogP contribution in [0.15, 0.2) is 60.9 Å². The third-order valence-electron chi connectivity index (χ3n) is 6.15. The molecule has 0 fully saturated rings. The molecule has 0 atom stereocenters. The van der Waals surface area contributed by atoms with Gasteiger partial charge in [-0.2, -0.15) is 0 Å². The van der Waals surface area contributed by atoms with Gasteiger partial charge in [0.2, 0.25) is 0 Å². The highest BCUT2D eigenvalue weighted by atomic mass is 32.2. The highest BCUT2D eigenvalue weighted by molar-refractivity contribution is 8.13. The van der Waals surface area contributed by atoms with Crippen molar-refractivity contribution in [1.29, 1.82) is 0 Å². The lowest BCUT2D eigenvalue weighted by Crippen LogP contribution is -1.96. The average Bonchev–Trinajstić information content (AvgIpc) is 2.89. The number of unbranched alkanes of at least 4 members (excludes halogenated alkanes) is 10. The van der Waals surface area contributed by atoms with Crippen molar-refractivity contribution in [3.63, 3.8) is 0 Å². The number of hydrogen-bond acceptors (Lipinski definition) is 5. The van der Waals surface area contributed by atoms with Gasteiger partial charge in [0.15, 0.2) is 5.12 Å². The monoisotopic (exact) mass is 489 g/mol. The maximum Gasteiger partial charge on any atom is 0.185 e. The molecule has 0 saturated carbocycles. The Bertz CT molecular complexity index is 937. The van der Waals surface area contributed by atoms with Gasteiger partial charge < -0.3 is 0 Å². The number of aryl methyl sites for hydroxylation is 1. The van der Waals surface area contributed by atoms with E-state index in [4.69, 9.17) is 4.98 Å². The van der Waals surface area contributed by atoms with Crippen LogP contribution in [0.4, 0.5) is 0 Å². The van der Waals surface area contributed by atoms with Crippen LogP contribution in [0.25, 0.3) is 22.8 Å². The molecule has 0 unspecified atom stereocenters. The van der Waals surface area contributed by atoms with Gasteiger partial charge >= 0.3 is 0 Å². The van der Waals surface area contributed by atoms with E-state index in [9.17, 15) is 4.79 Å². The normalized spacial score (nSPS) is 11.0. The standard InChI is InChI=1S/C30H39N3OS/c1-25(34)35-22-16-10-8-6-4-2-3-5-7-9-11-17-26-23-29(27-18-12-14-20-31-27)33-30(24-26)28-19-13-15-21-32-28/h12-15,18-21,23-24H,2-11,16-17,22H2,1H3. The molecule has 35 heavy (non-hydrogen) atoms. The lowest BCUT2D eigenvalue weighted by atomic mass is 10.0. The Kier molecular flexibility index (Phi) is 12.5. The minimum atomic E-state index is 0.245.